The van der Waals surface area contributed by atoms with E-state index in [2.05, 4.69) is 124 Å². The molecule has 11 bridgehead atoms. The third kappa shape index (κ3) is 9.59. The molecule has 10 aliphatic rings. The minimum absolute atomic E-state index is 0.0423. The van der Waals surface area contributed by atoms with E-state index in [9.17, 15) is 15.3 Å². The fourth-order valence-corrected chi connectivity index (χ4v) is 25.8. The Morgan fingerprint density at radius 1 is 0.944 bits per heavy atom. The molecule has 10 nitrogen and oxygen atoms in total. The number of H-pyrrole nitrogens is 1. The molecular formula is C76H82N6O4S4. The maximum Gasteiger partial charge on any atom is 0.189 e. The normalized spacial score (nSPS) is 35.3. The predicted octanol–water partition coefficient (Wildman–Crippen LogP) is 14.7. The Kier molecular flexibility index (Phi) is 15.1. The van der Waals surface area contributed by atoms with Gasteiger partial charge in [0.25, 0.3) is 0 Å². The van der Waals surface area contributed by atoms with Crippen LogP contribution in [0.2, 0.25) is 0 Å². The van der Waals surface area contributed by atoms with Gasteiger partial charge in [0, 0.05) is 85.7 Å². The van der Waals surface area contributed by atoms with Crippen molar-refractivity contribution in [2.75, 3.05) is 23.4 Å². The van der Waals surface area contributed by atoms with E-state index in [1.807, 2.05) is 66.2 Å². The minimum atomic E-state index is -1.29. The van der Waals surface area contributed by atoms with Crippen molar-refractivity contribution >= 4 is 67.8 Å². The largest absolute Gasteiger partial charge is 0.507 e. The van der Waals surface area contributed by atoms with E-state index in [4.69, 9.17) is 15.7 Å². The first-order valence-corrected chi connectivity index (χ1v) is 37.5. The number of allylic oxidation sites excluding steroid dienone is 1. The summed E-state index contributed by atoms with van der Waals surface area (Å²) in [6.07, 6.45) is 27.1. The van der Waals surface area contributed by atoms with Gasteiger partial charge >= 0.3 is 0 Å². The highest BCUT2D eigenvalue weighted by Gasteiger charge is 2.75. The standard InChI is InChI=1S/C76H82N6O4S4/c1-3-12-50-19-23-61(89-50)62-24-25-63(90-62)70(85)58-28-32-73-31-27-57-68-54-21-20-51-47(35-65(73)82-71(77)80-49-16-8-5-9-17-49)34-60(84)52-22-26-64(81-69(51)52)72(2,86)37-46-15-10-18-53-66(46)56(59-38-78-44-79-59)36-55(67(53)54)48(33-45-13-6-4-7-14-45)39-87-88-43-74(42-83)29-11-30-76(68,74)41-75(57,58)40-73/h4,6-7,10,13-15,18-19,22-27,31,34,38,44,48-49,54-58,64-65,67-68,81,83-84,86H,5,8-9,11,16-17,28-30,32-33,35-37,39-43H2,1-2H3,(H,78,79)(H3,77,80,82). The fraction of sp³-hybridized carbons (Fsp3) is 0.487. The van der Waals surface area contributed by atoms with Crippen LogP contribution in [0.15, 0.2) is 115 Å². The SMILES string of the molecule is CC#Cc1ccc(-c2ccc(C(=O)C3CCC45C=CC6C7C8C#Cc9c(cc(O)c%10c9NC(C=C%10)C(C)(O)Cc9cccc%10c9C(c9cnc[nH]9)CC(C(Cc9ccccc9)CSSCC9(CO)CCCC79CC36C4)C%108)CC5N=C(N)NC3CCCCC3)s2)s1. The fourth-order valence-electron chi connectivity index (χ4n) is 20.6. The molecule has 4 saturated carbocycles. The van der Waals surface area contributed by atoms with E-state index >= 15 is 4.79 Å². The number of aromatic nitrogens is 2. The third-order valence-electron chi connectivity index (χ3n) is 24.4. The maximum absolute atomic E-state index is 16.7. The van der Waals surface area contributed by atoms with E-state index in [1.54, 1.807) is 22.7 Å². The van der Waals surface area contributed by atoms with Crippen molar-refractivity contribution < 1.29 is 20.1 Å². The van der Waals surface area contributed by atoms with Crippen LogP contribution in [0.1, 0.15) is 168 Å². The van der Waals surface area contributed by atoms with Crippen LogP contribution in [0.5, 0.6) is 5.75 Å². The number of hydrogen-bond acceptors (Lipinski definition) is 11. The molecule has 0 radical (unpaired) electrons. The predicted molar refractivity (Wildman–Crippen MR) is 368 cm³/mol. The van der Waals surface area contributed by atoms with E-state index in [-0.39, 0.29) is 77.6 Å². The second kappa shape index (κ2) is 22.9. The summed E-state index contributed by atoms with van der Waals surface area (Å²) >= 11 is 3.32. The number of imidazole rings is 1. The summed E-state index contributed by atoms with van der Waals surface area (Å²) in [5.74, 6) is 17.0. The molecule has 464 valence electrons. The number of carbonyl (C=O) groups excluding carboxylic acids is 1. The number of guanidine groups is 1. The number of nitrogens with one attached hydrogen (secondary N) is 3. The van der Waals surface area contributed by atoms with Crippen molar-refractivity contribution in [3.63, 3.8) is 0 Å². The molecule has 3 aromatic carbocycles. The number of aliphatic hydroxyl groups excluding tert-OH is 1. The molecule has 90 heavy (non-hydrogen) atoms. The van der Waals surface area contributed by atoms with Crippen molar-refractivity contribution in [1.82, 2.24) is 15.3 Å². The number of carbonyl (C=O) groups is 1. The molecule has 6 aromatic rings. The van der Waals surface area contributed by atoms with E-state index < -0.39 is 33.3 Å². The number of aromatic hydroxyl groups is 1. The number of aliphatic hydroxyl groups is 2. The lowest BCUT2D eigenvalue weighted by Crippen LogP contribution is -2.54. The topological polar surface area (TPSA) is 169 Å². The van der Waals surface area contributed by atoms with Crippen molar-refractivity contribution in [2.45, 2.75) is 152 Å². The van der Waals surface area contributed by atoms with Gasteiger partial charge in [-0.05, 0) is 177 Å². The van der Waals surface area contributed by atoms with Gasteiger partial charge in [-0.25, -0.2) is 9.98 Å². The van der Waals surface area contributed by atoms with Crippen LogP contribution < -0.4 is 16.4 Å². The highest BCUT2D eigenvalue weighted by molar-refractivity contribution is 8.76. The Balaban J connectivity index is 0.987. The number of aliphatic imine (C=N–C) groups is 1. The lowest BCUT2D eigenvalue weighted by molar-refractivity contribution is -0.0343. The zero-order valence-electron chi connectivity index (χ0n) is 51.6. The van der Waals surface area contributed by atoms with E-state index in [0.717, 1.165) is 136 Å². The minimum Gasteiger partial charge on any atom is -0.507 e. The molecule has 3 aromatic heterocycles. The first-order chi connectivity index (χ1) is 43.8. The molecule has 15 unspecified atom stereocenters. The molecule has 5 fully saturated rings. The number of nitrogens with zero attached hydrogens (tertiary/aromatic N) is 2. The lowest BCUT2D eigenvalue weighted by Gasteiger charge is -2.57. The molecule has 8 N–H and O–H groups in total. The van der Waals surface area contributed by atoms with Gasteiger partial charge in [-0.2, -0.15) is 0 Å². The van der Waals surface area contributed by atoms with Gasteiger partial charge in [-0.15, -0.1) is 28.6 Å². The molecule has 16 rings (SSSR count). The number of Topliss-reactive ketones (excluding diaryl/α,β-unsaturated/α-hetero) is 1. The highest BCUT2D eigenvalue weighted by atomic mass is 33.1. The Bertz CT molecular complexity index is 4010. The number of aromatic amines is 1. The number of rotatable bonds is 9. The van der Waals surface area contributed by atoms with Gasteiger partial charge in [0.05, 0.1) is 51.6 Å². The Labute approximate surface area is 546 Å². The number of nitrogens with two attached hydrogens (primary N) is 1. The number of ketones is 1. The van der Waals surface area contributed by atoms with Crippen LogP contribution in [0.3, 0.4) is 0 Å². The van der Waals surface area contributed by atoms with Gasteiger partial charge in [0.2, 0.25) is 0 Å². The average molecular weight is 1270 g/mol. The number of hydrogen-bond donors (Lipinski definition) is 7. The van der Waals surface area contributed by atoms with E-state index in [1.165, 1.54) is 23.1 Å². The van der Waals surface area contributed by atoms with E-state index in [0.29, 0.717) is 30.8 Å². The first-order valence-electron chi connectivity index (χ1n) is 33.3. The molecule has 3 spiro atoms. The molecule has 7 aliphatic carbocycles. The van der Waals surface area contributed by atoms with Gasteiger partial charge in [0.15, 0.2) is 11.7 Å². The summed E-state index contributed by atoms with van der Waals surface area (Å²) < 4.78 is 0. The lowest BCUT2D eigenvalue weighted by atomic mass is 9.46. The summed E-state index contributed by atoms with van der Waals surface area (Å²) in [5, 5.41) is 46.4. The first kappa shape index (κ1) is 59.1. The van der Waals surface area contributed by atoms with Crippen LogP contribution in [0.4, 0.5) is 5.69 Å². The van der Waals surface area contributed by atoms with Crippen LogP contribution in [0, 0.1) is 80.8 Å². The number of thiophene rings is 2. The molecule has 14 heteroatoms. The molecule has 1 saturated heterocycles. The Hall–Kier alpha value is -5.97. The molecule has 0 amide bonds. The number of phenols is 1. The molecular weight excluding hydrogens is 1190 g/mol. The molecule has 6 heterocycles. The quantitative estimate of drug-likeness (QED) is 0.0185. The van der Waals surface area contributed by atoms with Gasteiger partial charge in [-0.3, -0.25) is 4.79 Å². The van der Waals surface area contributed by atoms with Crippen LogP contribution in [-0.2, 0) is 19.3 Å². The Morgan fingerprint density at radius 3 is 2.63 bits per heavy atom. The molecule has 3 aliphatic heterocycles. The monoisotopic (exact) mass is 1270 g/mol. The van der Waals surface area contributed by atoms with Crippen molar-refractivity contribution in [3.8, 4) is 39.2 Å². The second-order valence-corrected chi connectivity index (χ2v) is 33.7. The molecule has 15 atom stereocenters. The maximum atomic E-state index is 16.7. The van der Waals surface area contributed by atoms with Crippen molar-refractivity contribution in [1.29, 1.82) is 0 Å². The summed E-state index contributed by atoms with van der Waals surface area (Å²) in [5.41, 5.74) is 13.3. The summed E-state index contributed by atoms with van der Waals surface area (Å²) in [6.45, 7) is 3.91. The third-order valence-corrected chi connectivity index (χ3v) is 29.4. The number of anilines is 1. The summed E-state index contributed by atoms with van der Waals surface area (Å²) in [4.78, 5) is 34.9. The van der Waals surface area contributed by atoms with Crippen LogP contribution in [-0.4, -0.2) is 78.9 Å². The van der Waals surface area contributed by atoms with Crippen LogP contribution in [0.25, 0.3) is 15.8 Å². The van der Waals surface area contributed by atoms with Gasteiger partial charge in [-0.1, -0.05) is 138 Å². The smallest absolute Gasteiger partial charge is 0.189 e. The van der Waals surface area contributed by atoms with Gasteiger partial charge in [0.1, 0.15) is 5.75 Å². The van der Waals surface area contributed by atoms with Gasteiger partial charge < -0.3 is 36.7 Å². The zero-order valence-corrected chi connectivity index (χ0v) is 54.9. The van der Waals surface area contributed by atoms with Crippen molar-refractivity contribution in [2.24, 2.45) is 67.9 Å². The number of phenolic OH excluding ortho intramolecular Hbond substituents is 1. The summed E-state index contributed by atoms with van der Waals surface area (Å²) in [7, 11) is 4.00. The second-order valence-electron chi connectivity index (χ2n) is 29.0. The van der Waals surface area contributed by atoms with Crippen LogP contribution >= 0.6 is 44.3 Å². The highest BCUT2D eigenvalue weighted by Crippen LogP contribution is 2.80. The summed E-state index contributed by atoms with van der Waals surface area (Å²) in [6, 6.07) is 27.9. The average Bonchev–Trinajstić information content (AvgIpc) is 1.48. The number of benzene rings is 3. The van der Waals surface area contributed by atoms with Crippen molar-refractivity contribution in [3.05, 3.63) is 164 Å². The Morgan fingerprint density at radius 2 is 1.80 bits per heavy atom. The number of fused-ring (bicyclic) bond motifs is 1. The zero-order chi connectivity index (χ0) is 61.2.